The molecule has 3 nitrogen and oxygen atoms in total. The maximum atomic E-state index is 13.2. The van der Waals surface area contributed by atoms with E-state index < -0.39 is 0 Å². The zero-order chi connectivity index (χ0) is 12.1. The zero-order valence-corrected chi connectivity index (χ0v) is 10.3. The van der Waals surface area contributed by atoms with Crippen LogP contribution in [0.5, 0.6) is 0 Å². The van der Waals surface area contributed by atoms with Crippen LogP contribution in [0.4, 0.5) is 4.39 Å². The van der Waals surface area contributed by atoms with Crippen molar-refractivity contribution in [3.8, 4) is 10.7 Å². The number of nitrogens with zero attached hydrogens (tertiary/aromatic N) is 3. The average molecular weight is 259 g/mol. The maximum absolute atomic E-state index is 13.2. The third-order valence-corrected chi connectivity index (χ3v) is 4.31. The summed E-state index contributed by atoms with van der Waals surface area (Å²) in [6, 6.07) is 7.48. The van der Waals surface area contributed by atoms with Gasteiger partial charge in [0.15, 0.2) is 5.82 Å². The molecule has 1 aliphatic rings. The first-order valence-electron chi connectivity index (χ1n) is 5.90. The van der Waals surface area contributed by atoms with Crippen LogP contribution < -0.4 is 0 Å². The third-order valence-electron chi connectivity index (χ3n) is 3.22. The van der Waals surface area contributed by atoms with E-state index in [9.17, 15) is 4.39 Å². The topological polar surface area (TPSA) is 30.7 Å². The molecule has 0 unspecified atom stereocenters. The van der Waals surface area contributed by atoms with Gasteiger partial charge in [-0.05, 0) is 36.4 Å². The van der Waals surface area contributed by atoms with Crippen LogP contribution in [0.25, 0.3) is 20.8 Å². The van der Waals surface area contributed by atoms with Crippen LogP contribution in [0.1, 0.15) is 18.9 Å². The van der Waals surface area contributed by atoms with Gasteiger partial charge in [0.1, 0.15) is 12.1 Å². The molecule has 3 aromatic rings. The predicted molar refractivity (Wildman–Crippen MR) is 69.1 cm³/mol. The van der Waals surface area contributed by atoms with E-state index in [4.69, 9.17) is 0 Å². The van der Waals surface area contributed by atoms with E-state index in [0.29, 0.717) is 6.04 Å². The number of halogens is 1. The summed E-state index contributed by atoms with van der Waals surface area (Å²) < 4.78 is 16.3. The highest BCUT2D eigenvalue weighted by atomic mass is 32.1. The van der Waals surface area contributed by atoms with Gasteiger partial charge in [0, 0.05) is 10.7 Å². The number of benzene rings is 1. The molecule has 1 aliphatic carbocycles. The summed E-state index contributed by atoms with van der Waals surface area (Å²) in [6.07, 6.45) is 4.19. The van der Waals surface area contributed by atoms with Crippen LogP contribution in [-0.4, -0.2) is 14.8 Å². The zero-order valence-electron chi connectivity index (χ0n) is 9.51. The molecule has 0 bridgehead atoms. The fourth-order valence-electron chi connectivity index (χ4n) is 2.15. The fourth-order valence-corrected chi connectivity index (χ4v) is 3.23. The Bertz CT molecular complexity index is 727. The molecule has 1 aromatic carbocycles. The number of aromatic nitrogens is 3. The summed E-state index contributed by atoms with van der Waals surface area (Å²) in [7, 11) is 0. The van der Waals surface area contributed by atoms with Gasteiger partial charge in [0.05, 0.1) is 4.88 Å². The van der Waals surface area contributed by atoms with Gasteiger partial charge in [-0.25, -0.2) is 4.39 Å². The van der Waals surface area contributed by atoms with Gasteiger partial charge < -0.3 is 4.57 Å². The number of rotatable bonds is 2. The van der Waals surface area contributed by atoms with E-state index in [1.807, 2.05) is 6.07 Å². The summed E-state index contributed by atoms with van der Waals surface area (Å²) >= 11 is 1.57. The van der Waals surface area contributed by atoms with Crippen LogP contribution in [0, 0.1) is 5.82 Å². The minimum atomic E-state index is -0.195. The molecule has 0 aliphatic heterocycles. The van der Waals surface area contributed by atoms with Crippen molar-refractivity contribution in [2.24, 2.45) is 0 Å². The second-order valence-corrected chi connectivity index (χ2v) is 5.67. The highest BCUT2D eigenvalue weighted by molar-refractivity contribution is 7.22. The van der Waals surface area contributed by atoms with Crippen molar-refractivity contribution < 1.29 is 4.39 Å². The lowest BCUT2D eigenvalue weighted by atomic mass is 10.2. The van der Waals surface area contributed by atoms with E-state index in [0.717, 1.165) is 20.8 Å². The Morgan fingerprint density at radius 1 is 1.28 bits per heavy atom. The lowest BCUT2D eigenvalue weighted by Gasteiger charge is -2.00. The Hall–Kier alpha value is -1.75. The lowest BCUT2D eigenvalue weighted by molar-refractivity contribution is 0.630. The Morgan fingerprint density at radius 3 is 3.00 bits per heavy atom. The molecule has 2 aromatic heterocycles. The average Bonchev–Trinajstić information content (AvgIpc) is 2.94. The molecular formula is C13H10FN3S. The van der Waals surface area contributed by atoms with Gasteiger partial charge >= 0.3 is 0 Å². The van der Waals surface area contributed by atoms with Crippen molar-refractivity contribution in [3.63, 3.8) is 0 Å². The molecule has 1 saturated carbocycles. The Kier molecular flexibility index (Phi) is 2.05. The fraction of sp³-hybridized carbons (Fsp3) is 0.231. The predicted octanol–water partition coefficient (Wildman–Crippen LogP) is 3.63. The molecule has 0 atom stereocenters. The summed E-state index contributed by atoms with van der Waals surface area (Å²) in [5, 5.41) is 9.25. The van der Waals surface area contributed by atoms with Gasteiger partial charge in [0.25, 0.3) is 0 Å². The van der Waals surface area contributed by atoms with Gasteiger partial charge in [-0.1, -0.05) is 6.07 Å². The van der Waals surface area contributed by atoms with Crippen LogP contribution >= 0.6 is 11.3 Å². The summed E-state index contributed by atoms with van der Waals surface area (Å²) in [4.78, 5) is 1.06. The highest BCUT2D eigenvalue weighted by Crippen LogP contribution is 2.40. The molecule has 90 valence electrons. The number of thiophene rings is 1. The number of hydrogen-bond donors (Lipinski definition) is 0. The molecule has 4 rings (SSSR count). The number of fused-ring (bicyclic) bond motifs is 1. The Labute approximate surface area is 107 Å². The smallest absolute Gasteiger partial charge is 0.174 e. The molecule has 0 amide bonds. The molecular weight excluding hydrogens is 249 g/mol. The minimum absolute atomic E-state index is 0.195. The van der Waals surface area contributed by atoms with E-state index in [1.54, 1.807) is 23.7 Å². The van der Waals surface area contributed by atoms with Crippen LogP contribution in [-0.2, 0) is 0 Å². The van der Waals surface area contributed by atoms with Crippen molar-refractivity contribution in [1.82, 2.24) is 14.8 Å². The normalized spacial score (nSPS) is 15.4. The first kappa shape index (κ1) is 10.2. The van der Waals surface area contributed by atoms with Gasteiger partial charge in [-0.3, -0.25) is 0 Å². The van der Waals surface area contributed by atoms with Crippen molar-refractivity contribution >= 4 is 21.4 Å². The SMILES string of the molecule is Fc1ccc2cc(-c3nncn3C3CC3)sc2c1. The van der Waals surface area contributed by atoms with Crippen molar-refractivity contribution in [1.29, 1.82) is 0 Å². The van der Waals surface area contributed by atoms with Gasteiger partial charge in [-0.2, -0.15) is 0 Å². The summed E-state index contributed by atoms with van der Waals surface area (Å²) in [5.74, 6) is 0.707. The summed E-state index contributed by atoms with van der Waals surface area (Å²) in [6.45, 7) is 0. The molecule has 18 heavy (non-hydrogen) atoms. The monoisotopic (exact) mass is 259 g/mol. The first-order chi connectivity index (χ1) is 8.81. The van der Waals surface area contributed by atoms with Gasteiger partial charge in [-0.15, -0.1) is 21.5 Å². The minimum Gasteiger partial charge on any atom is -0.310 e. The Morgan fingerprint density at radius 2 is 2.17 bits per heavy atom. The highest BCUT2D eigenvalue weighted by Gasteiger charge is 2.27. The molecule has 0 N–H and O–H groups in total. The largest absolute Gasteiger partial charge is 0.310 e. The van der Waals surface area contributed by atoms with Crippen LogP contribution in [0.3, 0.4) is 0 Å². The van der Waals surface area contributed by atoms with E-state index in [1.165, 1.54) is 18.9 Å². The molecule has 0 radical (unpaired) electrons. The van der Waals surface area contributed by atoms with Crippen LogP contribution in [0.15, 0.2) is 30.6 Å². The third kappa shape index (κ3) is 1.54. The van der Waals surface area contributed by atoms with Crippen molar-refractivity contribution in [2.45, 2.75) is 18.9 Å². The standard InChI is InChI=1S/C13H10FN3S/c14-9-2-1-8-5-12(18-11(8)6-9)13-16-15-7-17(13)10-3-4-10/h1-2,5-7,10H,3-4H2. The quantitative estimate of drug-likeness (QED) is 0.703. The maximum Gasteiger partial charge on any atom is 0.174 e. The summed E-state index contributed by atoms with van der Waals surface area (Å²) in [5.41, 5.74) is 0. The Balaban J connectivity index is 1.88. The second kappa shape index (κ2) is 3.62. The van der Waals surface area contributed by atoms with Crippen LogP contribution in [0.2, 0.25) is 0 Å². The molecule has 5 heteroatoms. The van der Waals surface area contributed by atoms with E-state index in [-0.39, 0.29) is 5.82 Å². The van der Waals surface area contributed by atoms with Gasteiger partial charge in [0.2, 0.25) is 0 Å². The molecule has 1 fully saturated rings. The second-order valence-electron chi connectivity index (χ2n) is 4.59. The van der Waals surface area contributed by atoms with E-state index >= 15 is 0 Å². The molecule has 2 heterocycles. The lowest BCUT2D eigenvalue weighted by Crippen LogP contribution is -1.93. The van der Waals surface area contributed by atoms with Crippen molar-refractivity contribution in [2.75, 3.05) is 0 Å². The first-order valence-corrected chi connectivity index (χ1v) is 6.72. The van der Waals surface area contributed by atoms with Crippen molar-refractivity contribution in [3.05, 3.63) is 36.4 Å². The molecule has 0 saturated heterocycles. The number of hydrogen-bond acceptors (Lipinski definition) is 3. The van der Waals surface area contributed by atoms with E-state index in [2.05, 4.69) is 20.8 Å². The molecule has 0 spiro atoms.